The molecule has 1 aromatic carbocycles. The van der Waals surface area contributed by atoms with E-state index in [-0.39, 0.29) is 10.9 Å². The quantitative estimate of drug-likeness (QED) is 0.256. The molecule has 0 heterocycles. The predicted octanol–water partition coefficient (Wildman–Crippen LogP) is -2.03. The van der Waals surface area contributed by atoms with E-state index in [4.69, 9.17) is 25.9 Å². The van der Waals surface area contributed by atoms with Gasteiger partial charge in [-0.2, -0.15) is 0 Å². The van der Waals surface area contributed by atoms with Gasteiger partial charge in [-0.25, -0.2) is 0 Å². The van der Waals surface area contributed by atoms with Gasteiger partial charge in [0.15, 0.2) is 0 Å². The molecule has 0 bridgehead atoms. The average Bonchev–Trinajstić information content (AvgIpc) is 1.92. The van der Waals surface area contributed by atoms with Crippen molar-refractivity contribution in [3.05, 3.63) is 18.2 Å². The van der Waals surface area contributed by atoms with Crippen molar-refractivity contribution in [3.63, 3.8) is 0 Å². The average molecular weight is 186 g/mol. The van der Waals surface area contributed by atoms with Gasteiger partial charge in [0.2, 0.25) is 0 Å². The van der Waals surface area contributed by atoms with E-state index in [1.807, 2.05) is 0 Å². The van der Waals surface area contributed by atoms with Crippen molar-refractivity contribution in [1.29, 1.82) is 0 Å². The smallest absolute Gasteiger partial charge is 0.397 e. The molecule has 1 aromatic rings. The minimum absolute atomic E-state index is 0.0224. The number of nitrogen functional groups attached to an aromatic ring is 2. The molecular weight excluding hydrogens is 176 g/mol. The molecule has 0 saturated heterocycles. The first-order valence-corrected chi connectivity index (χ1v) is 5.08. The van der Waals surface area contributed by atoms with Crippen molar-refractivity contribution >= 4 is 25.4 Å². The van der Waals surface area contributed by atoms with Gasteiger partial charge in [-0.15, -0.1) is 0 Å². The Morgan fingerprint density at radius 2 is 1.58 bits per heavy atom. The van der Waals surface area contributed by atoms with Crippen LogP contribution in [0.25, 0.3) is 0 Å². The molecule has 0 fully saturated rings. The minimum Gasteiger partial charge on any atom is -0.397 e. The van der Waals surface area contributed by atoms with Crippen LogP contribution in [0.3, 0.4) is 0 Å². The molecule has 0 radical (unpaired) electrons. The van der Waals surface area contributed by atoms with Crippen molar-refractivity contribution in [3.8, 4) is 0 Å². The molecule has 7 N–H and O–H groups in total. The molecule has 5 nitrogen and oxygen atoms in total. The van der Waals surface area contributed by atoms with E-state index < -0.39 is 8.80 Å². The van der Waals surface area contributed by atoms with Crippen LogP contribution in [0.1, 0.15) is 0 Å². The number of hydrogen-bond donors (Lipinski definition) is 5. The van der Waals surface area contributed by atoms with Gasteiger partial charge in [-0.05, 0) is 12.1 Å². The van der Waals surface area contributed by atoms with E-state index in [2.05, 4.69) is 0 Å². The number of anilines is 2. The lowest BCUT2D eigenvalue weighted by Gasteiger charge is -2.10. The zero-order chi connectivity index (χ0) is 9.35. The summed E-state index contributed by atoms with van der Waals surface area (Å²) in [5, 5.41) is 0.0224. The van der Waals surface area contributed by atoms with Gasteiger partial charge in [-0.3, -0.25) is 0 Å². The van der Waals surface area contributed by atoms with Gasteiger partial charge in [0.05, 0.1) is 11.4 Å². The van der Waals surface area contributed by atoms with E-state index >= 15 is 0 Å². The first kappa shape index (κ1) is 9.01. The Kier molecular flexibility index (Phi) is 2.07. The highest BCUT2D eigenvalue weighted by atomic mass is 28.4. The molecule has 12 heavy (non-hydrogen) atoms. The molecule has 0 aliphatic heterocycles. The highest BCUT2D eigenvalue weighted by Gasteiger charge is 2.30. The summed E-state index contributed by atoms with van der Waals surface area (Å²) >= 11 is 0. The maximum Gasteiger partial charge on any atom is 0.529 e. The summed E-state index contributed by atoms with van der Waals surface area (Å²) in [7, 11) is -4.22. The first-order valence-electron chi connectivity index (χ1n) is 3.24. The maximum absolute atomic E-state index is 8.86. The largest absolute Gasteiger partial charge is 0.529 e. The van der Waals surface area contributed by atoms with E-state index in [1.54, 1.807) is 0 Å². The summed E-state index contributed by atoms with van der Waals surface area (Å²) in [6, 6.07) is 3.99. The SMILES string of the molecule is Nc1ccc([Si](O)(O)O)cc1N. The van der Waals surface area contributed by atoms with Crippen molar-refractivity contribution in [1.82, 2.24) is 0 Å². The Labute approximate surface area is 70.2 Å². The lowest BCUT2D eigenvalue weighted by atomic mass is 10.3. The summed E-state index contributed by atoms with van der Waals surface area (Å²) in [5.74, 6) is 0. The first-order chi connectivity index (χ1) is 5.41. The van der Waals surface area contributed by atoms with Crippen molar-refractivity contribution in [2.45, 2.75) is 0 Å². The summed E-state index contributed by atoms with van der Waals surface area (Å²) in [6.45, 7) is 0. The molecule has 0 aliphatic rings. The van der Waals surface area contributed by atoms with Crippen LogP contribution < -0.4 is 16.7 Å². The van der Waals surface area contributed by atoms with E-state index in [9.17, 15) is 0 Å². The second-order valence-electron chi connectivity index (χ2n) is 2.48. The normalized spacial score (nSPS) is 11.6. The third-order valence-corrected chi connectivity index (χ3v) is 2.56. The molecule has 66 valence electrons. The van der Waals surface area contributed by atoms with Crippen molar-refractivity contribution < 1.29 is 14.4 Å². The van der Waals surface area contributed by atoms with Crippen LogP contribution in [0.4, 0.5) is 11.4 Å². The molecule has 0 amide bonds. The molecule has 0 aliphatic carbocycles. The molecule has 0 aromatic heterocycles. The zero-order valence-electron chi connectivity index (χ0n) is 6.23. The summed E-state index contributed by atoms with van der Waals surface area (Å²) < 4.78 is 0. The summed E-state index contributed by atoms with van der Waals surface area (Å²) in [5.41, 5.74) is 11.3. The second kappa shape index (κ2) is 2.76. The van der Waals surface area contributed by atoms with Crippen LogP contribution in [-0.4, -0.2) is 23.2 Å². The van der Waals surface area contributed by atoms with Crippen molar-refractivity contribution in [2.24, 2.45) is 0 Å². The summed E-state index contributed by atoms with van der Waals surface area (Å²) in [6.07, 6.45) is 0. The minimum atomic E-state index is -4.22. The Morgan fingerprint density at radius 1 is 1.00 bits per heavy atom. The highest BCUT2D eigenvalue weighted by Crippen LogP contribution is 2.11. The molecule has 1 rings (SSSR count). The van der Waals surface area contributed by atoms with Crippen LogP contribution in [-0.2, 0) is 0 Å². The Balaban J connectivity index is 3.14. The van der Waals surface area contributed by atoms with Gasteiger partial charge >= 0.3 is 8.80 Å². The van der Waals surface area contributed by atoms with Gasteiger partial charge < -0.3 is 25.9 Å². The maximum atomic E-state index is 8.86. The Bertz CT molecular complexity index is 297. The van der Waals surface area contributed by atoms with E-state index in [0.29, 0.717) is 5.69 Å². The lowest BCUT2D eigenvalue weighted by Crippen LogP contribution is -2.48. The highest BCUT2D eigenvalue weighted by molar-refractivity contribution is 6.71. The molecule has 0 spiro atoms. The van der Waals surface area contributed by atoms with Crippen LogP contribution in [0.5, 0.6) is 0 Å². The van der Waals surface area contributed by atoms with Gasteiger partial charge in [0.1, 0.15) is 0 Å². The molecule has 0 atom stereocenters. The van der Waals surface area contributed by atoms with Crippen molar-refractivity contribution in [2.75, 3.05) is 11.5 Å². The van der Waals surface area contributed by atoms with Crippen LogP contribution in [0.2, 0.25) is 0 Å². The standard InChI is InChI=1S/C6H10N2O3Si/c7-5-2-1-4(3-6(5)8)12(9,10)11/h1-3,9-11H,7-8H2. The molecule has 6 heteroatoms. The van der Waals surface area contributed by atoms with Gasteiger partial charge in [0, 0.05) is 5.19 Å². The third kappa shape index (κ3) is 1.74. The van der Waals surface area contributed by atoms with E-state index in [1.165, 1.54) is 18.2 Å². The number of nitrogens with two attached hydrogens (primary N) is 2. The second-order valence-corrected chi connectivity index (χ2v) is 4.33. The number of hydrogen-bond acceptors (Lipinski definition) is 5. The lowest BCUT2D eigenvalue weighted by molar-refractivity contribution is 0.250. The molecule has 0 saturated carbocycles. The van der Waals surface area contributed by atoms with Crippen LogP contribution in [0.15, 0.2) is 18.2 Å². The third-order valence-electron chi connectivity index (χ3n) is 1.47. The van der Waals surface area contributed by atoms with Gasteiger partial charge in [-0.1, -0.05) is 6.07 Å². The van der Waals surface area contributed by atoms with Crippen LogP contribution >= 0.6 is 0 Å². The zero-order valence-corrected chi connectivity index (χ0v) is 7.23. The summed E-state index contributed by atoms with van der Waals surface area (Å²) in [4.78, 5) is 26.6. The van der Waals surface area contributed by atoms with Gasteiger partial charge in [0.25, 0.3) is 0 Å². The Hall–Kier alpha value is -1.08. The predicted molar refractivity (Wildman–Crippen MR) is 47.3 cm³/mol. The topological polar surface area (TPSA) is 113 Å². The van der Waals surface area contributed by atoms with Crippen LogP contribution in [0, 0.1) is 0 Å². The van der Waals surface area contributed by atoms with E-state index in [0.717, 1.165) is 0 Å². The Morgan fingerprint density at radius 3 is 2.00 bits per heavy atom. The fraction of sp³-hybridized carbons (Fsp3) is 0. The fourth-order valence-electron chi connectivity index (χ4n) is 0.783. The monoisotopic (exact) mass is 186 g/mol. The fourth-order valence-corrected chi connectivity index (χ4v) is 1.44. The number of benzene rings is 1. The molecule has 0 unspecified atom stereocenters. The number of rotatable bonds is 1. The molecular formula is C6H10N2O3Si.